The highest BCUT2D eigenvalue weighted by atomic mass is 79.9. The number of aromatic nitrogens is 1. The van der Waals surface area contributed by atoms with Gasteiger partial charge in [-0.25, -0.2) is 4.98 Å². The highest BCUT2D eigenvalue weighted by Crippen LogP contribution is 2.17. The molecule has 0 spiro atoms. The van der Waals surface area contributed by atoms with Gasteiger partial charge in [-0.1, -0.05) is 0 Å². The minimum absolute atomic E-state index is 0.165. The number of amides is 1. The molecule has 2 heterocycles. The van der Waals surface area contributed by atoms with Crippen molar-refractivity contribution in [1.29, 1.82) is 0 Å². The number of carbonyl (C=O) groups is 1. The molecule has 6 heteroatoms. The highest BCUT2D eigenvalue weighted by Gasteiger charge is 2.15. The van der Waals surface area contributed by atoms with Crippen LogP contribution in [0.25, 0.3) is 0 Å². The van der Waals surface area contributed by atoms with Gasteiger partial charge in [0.25, 0.3) is 5.91 Å². The van der Waals surface area contributed by atoms with Crippen molar-refractivity contribution in [3.63, 3.8) is 0 Å². The standard InChI is InChI=1S/C11H11BrN2O3/c1-7-8(12)2-3-10(13-7)14-11(15)9-6-16-4-5-17-9/h2-3,6H,4-5H2,1H3,(H,13,14,15). The second-order valence-electron chi connectivity index (χ2n) is 3.42. The summed E-state index contributed by atoms with van der Waals surface area (Å²) in [6, 6.07) is 3.53. The van der Waals surface area contributed by atoms with Crippen LogP contribution in [-0.4, -0.2) is 24.1 Å². The van der Waals surface area contributed by atoms with Gasteiger partial charge >= 0.3 is 0 Å². The Labute approximate surface area is 107 Å². The molecule has 17 heavy (non-hydrogen) atoms. The molecule has 0 atom stereocenters. The van der Waals surface area contributed by atoms with Gasteiger partial charge in [0.15, 0.2) is 0 Å². The Morgan fingerprint density at radius 1 is 1.47 bits per heavy atom. The van der Waals surface area contributed by atoms with Gasteiger partial charge in [0.1, 0.15) is 25.3 Å². The quantitative estimate of drug-likeness (QED) is 0.907. The van der Waals surface area contributed by atoms with E-state index in [9.17, 15) is 4.79 Å². The minimum Gasteiger partial charge on any atom is -0.494 e. The second-order valence-corrected chi connectivity index (χ2v) is 4.27. The number of aryl methyl sites for hydroxylation is 1. The van der Waals surface area contributed by atoms with E-state index in [1.807, 2.05) is 13.0 Å². The average molecular weight is 299 g/mol. The molecular weight excluding hydrogens is 288 g/mol. The fourth-order valence-electron chi connectivity index (χ4n) is 1.28. The number of carbonyl (C=O) groups excluding carboxylic acids is 1. The topological polar surface area (TPSA) is 60.5 Å². The molecule has 0 unspecified atom stereocenters. The number of anilines is 1. The molecule has 0 saturated carbocycles. The van der Waals surface area contributed by atoms with Crippen molar-refractivity contribution < 1.29 is 14.3 Å². The van der Waals surface area contributed by atoms with Crippen LogP contribution in [0.15, 0.2) is 28.6 Å². The predicted molar refractivity (Wildman–Crippen MR) is 65.3 cm³/mol. The average Bonchev–Trinajstić information content (AvgIpc) is 2.35. The van der Waals surface area contributed by atoms with Crippen LogP contribution in [0.3, 0.4) is 0 Å². The Balaban J connectivity index is 2.07. The number of pyridine rings is 1. The van der Waals surface area contributed by atoms with Gasteiger partial charge in [0.2, 0.25) is 5.76 Å². The highest BCUT2D eigenvalue weighted by molar-refractivity contribution is 9.10. The summed E-state index contributed by atoms with van der Waals surface area (Å²) in [5.41, 5.74) is 0.803. The van der Waals surface area contributed by atoms with E-state index < -0.39 is 0 Å². The number of hydrogen-bond donors (Lipinski definition) is 1. The number of ether oxygens (including phenoxy) is 2. The summed E-state index contributed by atoms with van der Waals surface area (Å²) in [6.07, 6.45) is 1.31. The lowest BCUT2D eigenvalue weighted by molar-refractivity contribution is -0.117. The van der Waals surface area contributed by atoms with E-state index in [4.69, 9.17) is 9.47 Å². The van der Waals surface area contributed by atoms with E-state index in [1.165, 1.54) is 6.26 Å². The normalized spacial score (nSPS) is 14.4. The van der Waals surface area contributed by atoms with Crippen molar-refractivity contribution in [2.75, 3.05) is 18.5 Å². The lowest BCUT2D eigenvalue weighted by atomic mass is 10.3. The Morgan fingerprint density at radius 2 is 2.29 bits per heavy atom. The second kappa shape index (κ2) is 5.18. The largest absolute Gasteiger partial charge is 0.494 e. The van der Waals surface area contributed by atoms with Crippen LogP contribution in [0.5, 0.6) is 0 Å². The fourth-order valence-corrected chi connectivity index (χ4v) is 1.50. The SMILES string of the molecule is Cc1nc(NC(=O)C2=COCCO2)ccc1Br. The molecule has 1 aliphatic rings. The fraction of sp³-hybridized carbons (Fsp3) is 0.273. The molecule has 5 nitrogen and oxygen atoms in total. The van der Waals surface area contributed by atoms with Crippen LogP contribution in [0.2, 0.25) is 0 Å². The van der Waals surface area contributed by atoms with Crippen molar-refractivity contribution in [1.82, 2.24) is 4.98 Å². The van der Waals surface area contributed by atoms with E-state index >= 15 is 0 Å². The predicted octanol–water partition coefficient (Wildman–Crippen LogP) is 1.98. The summed E-state index contributed by atoms with van der Waals surface area (Å²) in [4.78, 5) is 15.9. The van der Waals surface area contributed by atoms with E-state index in [0.717, 1.165) is 10.2 Å². The van der Waals surface area contributed by atoms with Crippen molar-refractivity contribution in [3.05, 3.63) is 34.3 Å². The van der Waals surface area contributed by atoms with Crippen molar-refractivity contribution in [3.8, 4) is 0 Å². The summed E-state index contributed by atoms with van der Waals surface area (Å²) in [6.45, 7) is 2.69. The molecule has 0 fully saturated rings. The maximum atomic E-state index is 11.7. The Bertz CT molecular complexity index is 474. The zero-order valence-electron chi connectivity index (χ0n) is 9.20. The first-order valence-electron chi connectivity index (χ1n) is 5.06. The van der Waals surface area contributed by atoms with E-state index in [1.54, 1.807) is 6.07 Å². The molecule has 0 bridgehead atoms. The van der Waals surface area contributed by atoms with Gasteiger partial charge in [0.05, 0.1) is 5.69 Å². The number of halogens is 1. The zero-order valence-corrected chi connectivity index (χ0v) is 10.8. The molecule has 0 radical (unpaired) electrons. The number of hydrogen-bond acceptors (Lipinski definition) is 4. The minimum atomic E-state index is -0.362. The summed E-state index contributed by atoms with van der Waals surface area (Å²) in [7, 11) is 0. The number of nitrogens with one attached hydrogen (secondary N) is 1. The first kappa shape index (κ1) is 11.9. The molecule has 1 amide bonds. The lowest BCUT2D eigenvalue weighted by Gasteiger charge is -2.14. The molecule has 2 rings (SSSR count). The molecule has 0 aliphatic carbocycles. The molecular formula is C11H11BrN2O3. The van der Waals surface area contributed by atoms with Crippen molar-refractivity contribution in [2.24, 2.45) is 0 Å². The maximum absolute atomic E-state index is 11.7. The third kappa shape index (κ3) is 2.97. The Hall–Kier alpha value is -1.56. The molecule has 1 aliphatic heterocycles. The van der Waals surface area contributed by atoms with Gasteiger partial charge in [-0.15, -0.1) is 0 Å². The van der Waals surface area contributed by atoms with Crippen LogP contribution < -0.4 is 5.32 Å². The number of nitrogens with zero attached hydrogens (tertiary/aromatic N) is 1. The zero-order chi connectivity index (χ0) is 12.3. The van der Waals surface area contributed by atoms with Gasteiger partial charge in [-0.3, -0.25) is 4.79 Å². The maximum Gasteiger partial charge on any atom is 0.295 e. The van der Waals surface area contributed by atoms with Crippen LogP contribution in [-0.2, 0) is 14.3 Å². The van der Waals surface area contributed by atoms with Crippen molar-refractivity contribution in [2.45, 2.75) is 6.92 Å². The van der Waals surface area contributed by atoms with Crippen LogP contribution in [0, 0.1) is 6.92 Å². The smallest absolute Gasteiger partial charge is 0.295 e. The first-order valence-corrected chi connectivity index (χ1v) is 5.85. The van der Waals surface area contributed by atoms with Gasteiger partial charge in [-0.05, 0) is 35.0 Å². The van der Waals surface area contributed by atoms with Crippen LogP contribution in [0.4, 0.5) is 5.82 Å². The Morgan fingerprint density at radius 3 is 2.94 bits per heavy atom. The van der Waals surface area contributed by atoms with Gasteiger partial charge in [-0.2, -0.15) is 0 Å². The third-order valence-electron chi connectivity index (χ3n) is 2.14. The summed E-state index contributed by atoms with van der Waals surface area (Å²) in [5, 5.41) is 2.64. The summed E-state index contributed by atoms with van der Waals surface area (Å²) >= 11 is 3.34. The summed E-state index contributed by atoms with van der Waals surface area (Å²) in [5.74, 6) is 0.281. The van der Waals surface area contributed by atoms with E-state index in [2.05, 4.69) is 26.2 Å². The molecule has 0 aromatic carbocycles. The van der Waals surface area contributed by atoms with Gasteiger partial charge in [0, 0.05) is 4.47 Å². The van der Waals surface area contributed by atoms with Crippen LogP contribution >= 0.6 is 15.9 Å². The van der Waals surface area contributed by atoms with E-state index in [-0.39, 0.29) is 11.7 Å². The molecule has 1 N–H and O–H groups in total. The first-order chi connectivity index (χ1) is 8.16. The van der Waals surface area contributed by atoms with Crippen LogP contribution in [0.1, 0.15) is 5.69 Å². The monoisotopic (exact) mass is 298 g/mol. The van der Waals surface area contributed by atoms with Crippen molar-refractivity contribution >= 4 is 27.7 Å². The molecule has 90 valence electrons. The molecule has 1 aromatic heterocycles. The molecule has 1 aromatic rings. The van der Waals surface area contributed by atoms with E-state index in [0.29, 0.717) is 19.0 Å². The lowest BCUT2D eigenvalue weighted by Crippen LogP contribution is -2.21. The summed E-state index contributed by atoms with van der Waals surface area (Å²) < 4.78 is 11.1. The third-order valence-corrected chi connectivity index (χ3v) is 2.97. The molecule has 0 saturated heterocycles. The Kier molecular flexibility index (Phi) is 3.63. The number of rotatable bonds is 2. The van der Waals surface area contributed by atoms with Gasteiger partial charge < -0.3 is 14.8 Å².